The van der Waals surface area contributed by atoms with Gasteiger partial charge in [0.25, 0.3) is 0 Å². The van der Waals surface area contributed by atoms with Crippen LogP contribution in [0, 0.1) is 0 Å². The van der Waals surface area contributed by atoms with Gasteiger partial charge in [0, 0.05) is 32.7 Å². The van der Waals surface area contributed by atoms with Crippen molar-refractivity contribution in [3.63, 3.8) is 0 Å². The topological polar surface area (TPSA) is 61.4 Å². The average Bonchev–Trinajstić information content (AvgIpc) is 3.02. The van der Waals surface area contributed by atoms with Crippen LogP contribution < -0.4 is 10.0 Å². The summed E-state index contributed by atoms with van der Waals surface area (Å²) in [6, 6.07) is 2.99. The Morgan fingerprint density at radius 2 is 1.84 bits per heavy atom. The van der Waals surface area contributed by atoms with Gasteiger partial charge in [0.1, 0.15) is 6.04 Å². The van der Waals surface area contributed by atoms with Gasteiger partial charge in [0.05, 0.1) is 4.90 Å². The van der Waals surface area contributed by atoms with Crippen molar-refractivity contribution in [3.05, 3.63) is 29.3 Å². The van der Waals surface area contributed by atoms with Crippen LogP contribution in [0.15, 0.2) is 23.1 Å². The molecule has 5 nitrogen and oxygen atoms in total. The summed E-state index contributed by atoms with van der Waals surface area (Å²) in [6.45, 7) is 0.729. The lowest BCUT2D eigenvalue weighted by molar-refractivity contribution is -0.182. The molecule has 9 heteroatoms. The lowest BCUT2D eigenvalue weighted by Crippen LogP contribution is -2.57. The SMILES string of the molecule is O=S(=O)(NCC(N1CCNCC1)C(F)(F)F)c1ccc2c(c1)CCC2. The van der Waals surface area contributed by atoms with Crippen molar-refractivity contribution in [2.24, 2.45) is 0 Å². The first-order valence-electron chi connectivity index (χ1n) is 8.40. The molecule has 0 radical (unpaired) electrons. The molecule has 1 aromatic carbocycles. The van der Waals surface area contributed by atoms with E-state index in [4.69, 9.17) is 0 Å². The van der Waals surface area contributed by atoms with E-state index in [0.29, 0.717) is 13.1 Å². The molecule has 0 spiro atoms. The first-order chi connectivity index (χ1) is 11.8. The second kappa shape index (κ2) is 7.22. The number of rotatable bonds is 5. The number of aryl methyl sites for hydroxylation is 2. The molecule has 1 aromatic rings. The van der Waals surface area contributed by atoms with Gasteiger partial charge in [0.15, 0.2) is 0 Å². The maximum absolute atomic E-state index is 13.4. The fourth-order valence-corrected chi connectivity index (χ4v) is 4.52. The number of piperazine rings is 1. The van der Waals surface area contributed by atoms with Crippen LogP contribution in [0.3, 0.4) is 0 Å². The summed E-state index contributed by atoms with van der Waals surface area (Å²) < 4.78 is 67.1. The Kier molecular flexibility index (Phi) is 5.38. The van der Waals surface area contributed by atoms with E-state index in [0.717, 1.165) is 30.4 Å². The molecule has 1 fully saturated rings. The van der Waals surface area contributed by atoms with Gasteiger partial charge in [0.2, 0.25) is 10.0 Å². The van der Waals surface area contributed by atoms with Crippen LogP contribution in [-0.4, -0.2) is 58.3 Å². The van der Waals surface area contributed by atoms with E-state index >= 15 is 0 Å². The number of alkyl halides is 3. The normalized spacial score (nSPS) is 20.4. The third-order valence-corrected chi connectivity index (χ3v) is 6.24. The van der Waals surface area contributed by atoms with Crippen LogP contribution >= 0.6 is 0 Å². The Bertz CT molecular complexity index is 716. The molecule has 2 N–H and O–H groups in total. The summed E-state index contributed by atoms with van der Waals surface area (Å²) in [7, 11) is -3.97. The molecule has 0 aromatic heterocycles. The van der Waals surface area contributed by atoms with Gasteiger partial charge in [-0.05, 0) is 42.5 Å². The number of hydrogen-bond donors (Lipinski definition) is 2. The van der Waals surface area contributed by atoms with Gasteiger partial charge in [-0.2, -0.15) is 13.2 Å². The molecular formula is C16H22F3N3O2S. The molecule has 2 aliphatic rings. The van der Waals surface area contributed by atoms with Gasteiger partial charge >= 0.3 is 6.18 Å². The largest absolute Gasteiger partial charge is 0.405 e. The molecule has 1 saturated heterocycles. The fourth-order valence-electron chi connectivity index (χ4n) is 3.43. The molecular weight excluding hydrogens is 355 g/mol. The van der Waals surface area contributed by atoms with Crippen molar-refractivity contribution in [1.82, 2.24) is 14.9 Å². The van der Waals surface area contributed by atoms with Crippen molar-refractivity contribution in [2.45, 2.75) is 36.4 Å². The lowest BCUT2D eigenvalue weighted by atomic mass is 10.1. The van der Waals surface area contributed by atoms with Crippen LogP contribution in [0.25, 0.3) is 0 Å². The van der Waals surface area contributed by atoms with Crippen molar-refractivity contribution in [2.75, 3.05) is 32.7 Å². The quantitative estimate of drug-likeness (QED) is 0.812. The summed E-state index contributed by atoms with van der Waals surface area (Å²) in [5.41, 5.74) is 2.09. The minimum absolute atomic E-state index is 0.0365. The average molecular weight is 377 g/mol. The van der Waals surface area contributed by atoms with Crippen molar-refractivity contribution in [1.29, 1.82) is 0 Å². The number of hydrogen-bond acceptors (Lipinski definition) is 4. The van der Waals surface area contributed by atoms with Crippen LogP contribution in [0.4, 0.5) is 13.2 Å². The Morgan fingerprint density at radius 3 is 2.52 bits per heavy atom. The van der Waals surface area contributed by atoms with Crippen LogP contribution in [0.2, 0.25) is 0 Å². The molecule has 1 aliphatic carbocycles. The minimum atomic E-state index is -4.49. The highest BCUT2D eigenvalue weighted by molar-refractivity contribution is 7.89. The summed E-state index contributed by atoms with van der Waals surface area (Å²) in [6.07, 6.45) is -1.78. The number of halogens is 3. The summed E-state index contributed by atoms with van der Waals surface area (Å²) in [5.74, 6) is 0. The monoisotopic (exact) mass is 377 g/mol. The van der Waals surface area contributed by atoms with Crippen molar-refractivity contribution >= 4 is 10.0 Å². The molecule has 3 rings (SSSR count). The molecule has 0 bridgehead atoms. The predicted octanol–water partition coefficient (Wildman–Crippen LogP) is 1.29. The zero-order valence-corrected chi connectivity index (χ0v) is 14.6. The summed E-state index contributed by atoms with van der Waals surface area (Å²) >= 11 is 0. The predicted molar refractivity (Wildman–Crippen MR) is 87.9 cm³/mol. The number of fused-ring (bicyclic) bond motifs is 1. The Hall–Kier alpha value is -1.16. The van der Waals surface area contributed by atoms with E-state index in [1.807, 2.05) is 0 Å². The molecule has 0 saturated carbocycles. The lowest BCUT2D eigenvalue weighted by Gasteiger charge is -2.35. The van der Waals surface area contributed by atoms with E-state index in [-0.39, 0.29) is 18.0 Å². The zero-order valence-electron chi connectivity index (χ0n) is 13.8. The maximum Gasteiger partial charge on any atom is 0.405 e. The van der Waals surface area contributed by atoms with E-state index in [1.165, 1.54) is 11.0 Å². The first kappa shape index (κ1) is 18.6. The number of sulfonamides is 1. The molecule has 1 heterocycles. The summed E-state index contributed by atoms with van der Waals surface area (Å²) in [4.78, 5) is 1.32. The number of nitrogens with zero attached hydrogens (tertiary/aromatic N) is 1. The van der Waals surface area contributed by atoms with Crippen molar-refractivity contribution < 1.29 is 21.6 Å². The highest BCUT2D eigenvalue weighted by Crippen LogP contribution is 2.27. The van der Waals surface area contributed by atoms with Gasteiger partial charge in [-0.25, -0.2) is 13.1 Å². The molecule has 140 valence electrons. The Morgan fingerprint density at radius 1 is 1.16 bits per heavy atom. The van der Waals surface area contributed by atoms with Crippen LogP contribution in [-0.2, 0) is 22.9 Å². The second-order valence-electron chi connectivity index (χ2n) is 6.48. The Labute approximate surface area is 145 Å². The molecule has 0 amide bonds. The van der Waals surface area contributed by atoms with Gasteiger partial charge in [-0.1, -0.05) is 6.07 Å². The minimum Gasteiger partial charge on any atom is -0.314 e. The third kappa shape index (κ3) is 4.33. The van der Waals surface area contributed by atoms with Crippen LogP contribution in [0.1, 0.15) is 17.5 Å². The fraction of sp³-hybridized carbons (Fsp3) is 0.625. The highest BCUT2D eigenvalue weighted by Gasteiger charge is 2.44. The van der Waals surface area contributed by atoms with E-state index in [1.54, 1.807) is 12.1 Å². The molecule has 1 atom stereocenters. The van der Waals surface area contributed by atoms with Gasteiger partial charge in [-0.15, -0.1) is 0 Å². The Balaban J connectivity index is 1.72. The number of benzene rings is 1. The molecule has 1 unspecified atom stereocenters. The van der Waals surface area contributed by atoms with E-state index in [9.17, 15) is 21.6 Å². The third-order valence-electron chi connectivity index (χ3n) is 4.82. The highest BCUT2D eigenvalue weighted by atomic mass is 32.2. The second-order valence-corrected chi connectivity index (χ2v) is 8.25. The molecule has 25 heavy (non-hydrogen) atoms. The van der Waals surface area contributed by atoms with Gasteiger partial charge in [-0.3, -0.25) is 4.90 Å². The standard InChI is InChI=1S/C16H22F3N3O2S/c17-16(18,19)15(22-8-6-20-7-9-22)11-21-25(23,24)14-5-4-12-2-1-3-13(12)10-14/h4-5,10,15,20-21H,1-3,6-9,11H2. The summed E-state index contributed by atoms with van der Waals surface area (Å²) in [5, 5.41) is 3.00. The van der Waals surface area contributed by atoms with Gasteiger partial charge < -0.3 is 5.32 Å². The maximum atomic E-state index is 13.4. The zero-order chi connectivity index (χ0) is 18.1. The smallest absolute Gasteiger partial charge is 0.314 e. The van der Waals surface area contributed by atoms with E-state index < -0.39 is 28.8 Å². The first-order valence-corrected chi connectivity index (χ1v) is 9.89. The van der Waals surface area contributed by atoms with E-state index in [2.05, 4.69) is 10.0 Å². The van der Waals surface area contributed by atoms with Crippen LogP contribution in [0.5, 0.6) is 0 Å². The number of nitrogens with one attached hydrogen (secondary N) is 2. The molecule has 1 aliphatic heterocycles. The van der Waals surface area contributed by atoms with Crippen molar-refractivity contribution in [3.8, 4) is 0 Å².